The third kappa shape index (κ3) is 10.0. The van der Waals surface area contributed by atoms with Crippen LogP contribution < -0.4 is 21.3 Å². The number of carbonyl (C=O) groups is 7. The Hall–Kier alpha value is -3.91. The largest absolute Gasteiger partial charge is 0.444 e. The van der Waals surface area contributed by atoms with E-state index in [0.717, 1.165) is 32.1 Å². The highest BCUT2D eigenvalue weighted by Crippen LogP contribution is 2.65. The molecule has 3 aliphatic carbocycles. The van der Waals surface area contributed by atoms with Crippen LogP contribution in [0.4, 0.5) is 4.79 Å². The minimum atomic E-state index is -1.27. The summed E-state index contributed by atoms with van der Waals surface area (Å²) in [5.74, 6) is -5.38. The summed E-state index contributed by atoms with van der Waals surface area (Å²) in [6.07, 6.45) is 5.30. The van der Waals surface area contributed by atoms with Crippen LogP contribution in [0.2, 0.25) is 0 Å². The van der Waals surface area contributed by atoms with Crippen molar-refractivity contribution in [3.05, 3.63) is 35.9 Å². The van der Waals surface area contributed by atoms with Crippen LogP contribution in [0, 0.1) is 23.7 Å². The number of alkyl halides is 2. The molecule has 296 valence electrons. The maximum absolute atomic E-state index is 14.3. The van der Waals surface area contributed by atoms with Gasteiger partial charge < -0.3 is 35.8 Å². The smallest absolute Gasteiger partial charge is 0.408 e. The minimum absolute atomic E-state index is 0.0743. The van der Waals surface area contributed by atoms with Gasteiger partial charge in [-0.1, -0.05) is 62.4 Å². The van der Waals surface area contributed by atoms with Gasteiger partial charge in [0.1, 0.15) is 28.1 Å². The Morgan fingerprint density at radius 1 is 0.926 bits per heavy atom. The highest BCUT2D eigenvalue weighted by atomic mass is 35.5. The number of nitrogens with zero attached hydrogens (tertiary/aromatic N) is 2. The van der Waals surface area contributed by atoms with Crippen LogP contribution in [0.1, 0.15) is 83.7 Å². The number of likely N-dealkylation sites (tertiary alicyclic amines) is 1. The second-order valence-electron chi connectivity index (χ2n) is 16.2. The molecule has 0 radical (unpaired) electrons. The van der Waals surface area contributed by atoms with E-state index in [4.69, 9.17) is 27.9 Å². The molecule has 1 aliphatic heterocycles. The zero-order chi connectivity index (χ0) is 39.5. The fraction of sp³-hybridized carbons (Fsp3) is 0.658. The van der Waals surface area contributed by atoms with Gasteiger partial charge in [-0.3, -0.25) is 28.8 Å². The molecule has 0 spiro atoms. The van der Waals surface area contributed by atoms with E-state index in [0.29, 0.717) is 18.4 Å². The lowest BCUT2D eigenvalue weighted by Crippen LogP contribution is -2.60. The van der Waals surface area contributed by atoms with E-state index >= 15 is 0 Å². The lowest BCUT2D eigenvalue weighted by molar-refractivity contribution is -0.144. The van der Waals surface area contributed by atoms with E-state index < -0.39 is 88.0 Å². The second kappa shape index (κ2) is 16.8. The zero-order valence-corrected chi connectivity index (χ0v) is 33.0. The quantitative estimate of drug-likeness (QED) is 0.164. The van der Waals surface area contributed by atoms with E-state index in [1.165, 1.54) is 9.80 Å². The number of benzene rings is 1. The molecule has 54 heavy (non-hydrogen) atoms. The Bertz CT molecular complexity index is 1610. The predicted molar refractivity (Wildman–Crippen MR) is 200 cm³/mol. The van der Waals surface area contributed by atoms with Gasteiger partial charge in [0.25, 0.3) is 5.91 Å². The van der Waals surface area contributed by atoms with Crippen LogP contribution in [-0.2, 0) is 33.5 Å². The number of ether oxygens (including phenoxy) is 1. The Morgan fingerprint density at radius 2 is 1.57 bits per heavy atom. The molecule has 6 atom stereocenters. The molecule has 14 nitrogen and oxygen atoms in total. The van der Waals surface area contributed by atoms with Crippen molar-refractivity contribution in [1.29, 1.82) is 0 Å². The first-order valence-corrected chi connectivity index (χ1v) is 19.5. The molecule has 1 aromatic carbocycles. The van der Waals surface area contributed by atoms with E-state index in [1.54, 1.807) is 65.2 Å². The normalized spacial score (nSPS) is 23.5. The third-order valence-corrected chi connectivity index (χ3v) is 11.7. The van der Waals surface area contributed by atoms with Gasteiger partial charge in [-0.2, -0.15) is 0 Å². The van der Waals surface area contributed by atoms with Crippen molar-refractivity contribution in [2.45, 2.75) is 106 Å². The van der Waals surface area contributed by atoms with Crippen LogP contribution in [0.3, 0.4) is 0 Å². The molecule has 0 aromatic heterocycles. The summed E-state index contributed by atoms with van der Waals surface area (Å²) in [4.78, 5) is 96.7. The van der Waals surface area contributed by atoms with Crippen molar-refractivity contribution in [2.24, 2.45) is 23.7 Å². The number of nitrogens with one attached hydrogen (secondary N) is 4. The van der Waals surface area contributed by atoms with E-state index in [1.807, 2.05) is 0 Å². The molecule has 16 heteroatoms. The lowest BCUT2D eigenvalue weighted by atomic mass is 9.83. The first kappa shape index (κ1) is 41.3. The summed E-state index contributed by atoms with van der Waals surface area (Å²) in [5, 5.41) is 10.5. The third-order valence-electron chi connectivity index (χ3n) is 10.6. The van der Waals surface area contributed by atoms with Crippen LogP contribution >= 0.6 is 23.2 Å². The van der Waals surface area contributed by atoms with Crippen LogP contribution in [0.25, 0.3) is 0 Å². The number of hydrogen-bond donors (Lipinski definition) is 4. The number of likely N-dealkylation sites (N-methyl/N-ethyl adjacent to an activating group) is 1. The molecular weight excluding hydrogens is 739 g/mol. The maximum atomic E-state index is 14.3. The summed E-state index contributed by atoms with van der Waals surface area (Å²) in [5.41, 5.74) is -0.256. The summed E-state index contributed by atoms with van der Waals surface area (Å²) in [6.45, 7) is 4.65. The Labute approximate surface area is 326 Å². The standard InChI is InChI=1S/C38H52Cl2N6O8/c1-37(2,3)54-36(53)44-29(23-14-10-7-11-15-23)35(52)46-20-24-27(38(24,39)40)30(46)32(49)42-25(18-21-16-17-21)31(48)33(50)41-19-26(47)43-28(34(51)45(4)5)22-12-8-6-9-13-22/h6,8-9,12-13,21,23-25,27-30H,7,10-11,14-20H2,1-5H3,(H,41,50)(H,42,49)(H,43,47)(H,44,53)/t24?,25?,27?,28?,29-,30-/m0/s1. The van der Waals surface area contributed by atoms with Crippen molar-refractivity contribution in [1.82, 2.24) is 31.1 Å². The number of halogens is 2. The number of fused-ring (bicyclic) bond motifs is 1. The summed E-state index contributed by atoms with van der Waals surface area (Å²) in [6, 6.07) is 4.24. The minimum Gasteiger partial charge on any atom is -0.444 e. The van der Waals surface area contributed by atoms with Gasteiger partial charge in [-0.05, 0) is 57.4 Å². The van der Waals surface area contributed by atoms with Crippen molar-refractivity contribution in [3.8, 4) is 0 Å². The summed E-state index contributed by atoms with van der Waals surface area (Å²) in [7, 11) is 3.11. The van der Waals surface area contributed by atoms with Crippen LogP contribution in [0.5, 0.6) is 0 Å². The number of Topliss-reactive ketones (excluding diaryl/α,β-unsaturated/α-hetero) is 1. The SMILES string of the molecule is CN(C)C(=O)C(NC(=O)CNC(=O)C(=O)C(CC1CC1)NC(=O)[C@@H]1C2C(CN1C(=O)[C@@H](NC(=O)OC(C)(C)C)C1CCCCC1)C2(Cl)Cl)c1ccccc1. The monoisotopic (exact) mass is 790 g/mol. The molecule has 5 rings (SSSR count). The van der Waals surface area contributed by atoms with Crippen molar-refractivity contribution in [3.63, 3.8) is 0 Å². The molecule has 6 amide bonds. The fourth-order valence-corrected chi connectivity index (χ4v) is 8.41. The molecule has 4 N–H and O–H groups in total. The Morgan fingerprint density at radius 3 is 2.17 bits per heavy atom. The molecule has 4 aliphatic rings. The summed E-state index contributed by atoms with van der Waals surface area (Å²) < 4.78 is 4.21. The fourth-order valence-electron chi connectivity index (χ4n) is 7.58. The number of piperidine rings is 1. The number of hydrogen-bond acceptors (Lipinski definition) is 8. The molecule has 0 bridgehead atoms. The Balaban J connectivity index is 1.27. The van der Waals surface area contributed by atoms with Gasteiger partial charge in [-0.15, -0.1) is 23.2 Å². The molecule has 4 unspecified atom stereocenters. The topological polar surface area (TPSA) is 183 Å². The van der Waals surface area contributed by atoms with Crippen molar-refractivity contribution >= 4 is 64.6 Å². The van der Waals surface area contributed by atoms with Crippen LogP contribution in [-0.4, -0.2) is 106 Å². The van der Waals surface area contributed by atoms with Gasteiger partial charge in [0.15, 0.2) is 0 Å². The molecule has 1 aromatic rings. The predicted octanol–water partition coefficient (Wildman–Crippen LogP) is 3.01. The Kier molecular flexibility index (Phi) is 12.9. The van der Waals surface area contributed by atoms with E-state index in [-0.39, 0.29) is 30.7 Å². The number of ketones is 1. The van der Waals surface area contributed by atoms with Gasteiger partial charge in [0.2, 0.25) is 29.4 Å². The first-order chi connectivity index (χ1) is 25.4. The van der Waals surface area contributed by atoms with Crippen molar-refractivity contribution in [2.75, 3.05) is 27.2 Å². The van der Waals surface area contributed by atoms with Gasteiger partial charge in [-0.25, -0.2) is 4.79 Å². The lowest BCUT2D eigenvalue weighted by Gasteiger charge is -2.37. The first-order valence-electron chi connectivity index (χ1n) is 18.7. The number of alkyl carbamates (subject to hydrolysis) is 1. The molecule has 1 saturated heterocycles. The van der Waals surface area contributed by atoms with Gasteiger partial charge >= 0.3 is 6.09 Å². The molecule has 3 saturated carbocycles. The van der Waals surface area contributed by atoms with Gasteiger partial charge in [0.05, 0.1) is 12.6 Å². The maximum Gasteiger partial charge on any atom is 0.408 e. The average molecular weight is 792 g/mol. The van der Waals surface area contributed by atoms with Crippen LogP contribution in [0.15, 0.2) is 30.3 Å². The summed E-state index contributed by atoms with van der Waals surface area (Å²) >= 11 is 13.2. The zero-order valence-electron chi connectivity index (χ0n) is 31.5. The van der Waals surface area contributed by atoms with E-state index in [9.17, 15) is 33.6 Å². The number of rotatable bonds is 14. The second-order valence-corrected chi connectivity index (χ2v) is 17.6. The van der Waals surface area contributed by atoms with E-state index in [2.05, 4.69) is 21.3 Å². The molecular formula is C38H52Cl2N6O8. The van der Waals surface area contributed by atoms with Crippen molar-refractivity contribution < 1.29 is 38.3 Å². The van der Waals surface area contributed by atoms with Gasteiger partial charge in [0, 0.05) is 32.5 Å². The highest BCUT2D eigenvalue weighted by Gasteiger charge is 2.74. The number of amides is 6. The average Bonchev–Trinajstić information content (AvgIpc) is 3.98. The highest BCUT2D eigenvalue weighted by molar-refractivity contribution is 6.51. The molecule has 4 fully saturated rings. The number of carbonyl (C=O) groups excluding carboxylic acids is 7. The molecule has 1 heterocycles.